The molecule has 1 N–H and O–H groups in total. The van der Waals surface area contributed by atoms with Gasteiger partial charge in [-0.25, -0.2) is 4.39 Å². The monoisotopic (exact) mass is 295 g/mol. The third kappa shape index (κ3) is 4.42. The zero-order chi connectivity index (χ0) is 15.2. The molecule has 0 radical (unpaired) electrons. The number of aliphatic hydroxyl groups is 1. The Morgan fingerprint density at radius 3 is 2.76 bits per heavy atom. The van der Waals surface area contributed by atoms with Crippen molar-refractivity contribution in [2.24, 2.45) is 0 Å². The Kier molecular flexibility index (Phi) is 6.00. The van der Waals surface area contributed by atoms with E-state index in [2.05, 4.69) is 11.8 Å². The largest absolute Gasteiger partial charge is 0.496 e. The van der Waals surface area contributed by atoms with Gasteiger partial charge in [0.25, 0.3) is 0 Å². The van der Waals surface area contributed by atoms with Gasteiger partial charge in [0.2, 0.25) is 0 Å². The van der Waals surface area contributed by atoms with Crippen LogP contribution in [0.15, 0.2) is 18.2 Å². The number of hydrogen-bond donors (Lipinski definition) is 1. The minimum Gasteiger partial charge on any atom is -0.496 e. The van der Waals surface area contributed by atoms with Gasteiger partial charge in [-0.1, -0.05) is 19.4 Å². The van der Waals surface area contributed by atoms with Crippen LogP contribution in [-0.4, -0.2) is 36.2 Å². The topological polar surface area (TPSA) is 32.7 Å². The number of nitrogens with zero attached hydrogens (tertiary/aromatic N) is 1. The van der Waals surface area contributed by atoms with Gasteiger partial charge in [-0.2, -0.15) is 0 Å². The van der Waals surface area contributed by atoms with Crippen LogP contribution in [0.5, 0.6) is 5.75 Å². The molecule has 1 aromatic carbocycles. The fourth-order valence-corrected chi connectivity index (χ4v) is 2.73. The number of aliphatic hydroxyl groups excluding tert-OH is 1. The first kappa shape index (κ1) is 16.2. The Hall–Kier alpha value is -1.13. The second-order valence-electron chi connectivity index (χ2n) is 5.78. The van der Waals surface area contributed by atoms with E-state index in [-0.39, 0.29) is 5.56 Å². The lowest BCUT2D eigenvalue weighted by Gasteiger charge is -2.24. The molecule has 0 aromatic heterocycles. The first-order valence-electron chi connectivity index (χ1n) is 7.91. The Morgan fingerprint density at radius 2 is 2.14 bits per heavy atom. The van der Waals surface area contributed by atoms with Crippen LogP contribution in [0.3, 0.4) is 0 Å². The smallest absolute Gasteiger partial charge is 0.132 e. The molecular weight excluding hydrogens is 269 g/mol. The molecule has 1 aliphatic carbocycles. The summed E-state index contributed by atoms with van der Waals surface area (Å²) in [6.45, 7) is 4.07. The van der Waals surface area contributed by atoms with Gasteiger partial charge in [-0.05, 0) is 44.4 Å². The second kappa shape index (κ2) is 7.76. The lowest BCUT2D eigenvalue weighted by atomic mass is 10.0. The fourth-order valence-electron chi connectivity index (χ4n) is 2.73. The molecule has 0 saturated heterocycles. The van der Waals surface area contributed by atoms with Crippen LogP contribution in [0.4, 0.5) is 4.39 Å². The molecule has 21 heavy (non-hydrogen) atoms. The molecule has 1 saturated carbocycles. The minimum absolute atomic E-state index is 0.284. The van der Waals surface area contributed by atoms with Gasteiger partial charge in [0.15, 0.2) is 0 Å². The molecule has 1 unspecified atom stereocenters. The molecule has 118 valence electrons. The van der Waals surface area contributed by atoms with Crippen molar-refractivity contribution in [3.05, 3.63) is 29.6 Å². The Bertz CT molecular complexity index is 448. The molecule has 3 nitrogen and oxygen atoms in total. The van der Waals surface area contributed by atoms with Crippen molar-refractivity contribution in [2.75, 3.05) is 20.2 Å². The summed E-state index contributed by atoms with van der Waals surface area (Å²) in [4.78, 5) is 2.43. The average Bonchev–Trinajstić information content (AvgIpc) is 3.31. The van der Waals surface area contributed by atoms with E-state index >= 15 is 0 Å². The van der Waals surface area contributed by atoms with Crippen LogP contribution in [0.25, 0.3) is 0 Å². The van der Waals surface area contributed by atoms with Crippen LogP contribution in [0.2, 0.25) is 0 Å². The van der Waals surface area contributed by atoms with Crippen LogP contribution < -0.4 is 4.74 Å². The summed E-state index contributed by atoms with van der Waals surface area (Å²) in [6, 6.07) is 5.34. The van der Waals surface area contributed by atoms with E-state index in [9.17, 15) is 9.50 Å². The van der Waals surface area contributed by atoms with Gasteiger partial charge in [0, 0.05) is 12.6 Å². The molecule has 1 atom stereocenters. The quantitative estimate of drug-likeness (QED) is 0.756. The van der Waals surface area contributed by atoms with Crippen LogP contribution in [0.1, 0.15) is 50.7 Å². The number of unbranched alkanes of at least 4 members (excludes halogenated alkanes) is 1. The van der Waals surface area contributed by atoms with Crippen molar-refractivity contribution in [1.29, 1.82) is 0 Å². The maximum Gasteiger partial charge on any atom is 0.132 e. The lowest BCUT2D eigenvalue weighted by Crippen LogP contribution is -2.29. The lowest BCUT2D eigenvalue weighted by molar-refractivity contribution is 0.132. The predicted octanol–water partition coefficient (Wildman–Crippen LogP) is 3.52. The molecule has 1 fully saturated rings. The standard InChI is InChI=1S/C17H26FNO2/c1-3-4-11-19(13-8-9-13)12-10-15(20)17-14(18)6-5-7-16(17)21-2/h5-7,13,15,20H,3-4,8-12H2,1-2H3. The predicted molar refractivity (Wildman–Crippen MR) is 82.0 cm³/mol. The van der Waals surface area contributed by atoms with E-state index in [1.165, 1.54) is 38.9 Å². The van der Waals surface area contributed by atoms with E-state index in [1.807, 2.05) is 0 Å². The Balaban J connectivity index is 1.95. The van der Waals surface area contributed by atoms with Crippen molar-refractivity contribution in [3.63, 3.8) is 0 Å². The normalized spacial score (nSPS) is 16.2. The van der Waals surface area contributed by atoms with E-state index < -0.39 is 11.9 Å². The fraction of sp³-hybridized carbons (Fsp3) is 0.647. The third-order valence-electron chi connectivity index (χ3n) is 4.12. The van der Waals surface area contributed by atoms with Gasteiger partial charge in [0.1, 0.15) is 11.6 Å². The third-order valence-corrected chi connectivity index (χ3v) is 4.12. The van der Waals surface area contributed by atoms with Crippen molar-refractivity contribution >= 4 is 0 Å². The van der Waals surface area contributed by atoms with E-state index in [1.54, 1.807) is 12.1 Å². The van der Waals surface area contributed by atoms with Crippen LogP contribution >= 0.6 is 0 Å². The SMILES string of the molecule is CCCCN(CCC(O)c1c(F)cccc1OC)C1CC1. The number of methoxy groups -OCH3 is 1. The Labute approximate surface area is 126 Å². The first-order valence-corrected chi connectivity index (χ1v) is 7.91. The molecule has 0 spiro atoms. The summed E-state index contributed by atoms with van der Waals surface area (Å²) in [5, 5.41) is 10.3. The van der Waals surface area contributed by atoms with Crippen molar-refractivity contribution in [3.8, 4) is 5.75 Å². The molecule has 1 aliphatic rings. The maximum atomic E-state index is 13.9. The van der Waals surface area contributed by atoms with E-state index in [4.69, 9.17) is 4.74 Å². The summed E-state index contributed by atoms with van der Waals surface area (Å²) >= 11 is 0. The minimum atomic E-state index is -0.816. The highest BCUT2D eigenvalue weighted by molar-refractivity contribution is 5.36. The summed E-state index contributed by atoms with van der Waals surface area (Å²) in [5.41, 5.74) is 0.284. The second-order valence-corrected chi connectivity index (χ2v) is 5.78. The summed E-state index contributed by atoms with van der Waals surface area (Å²) < 4.78 is 19.1. The summed E-state index contributed by atoms with van der Waals surface area (Å²) in [6.07, 6.45) is 4.58. The number of rotatable bonds is 9. The van der Waals surface area contributed by atoms with E-state index in [0.29, 0.717) is 18.2 Å². The number of hydrogen-bond acceptors (Lipinski definition) is 3. The molecule has 0 heterocycles. The van der Waals surface area contributed by atoms with Gasteiger partial charge in [0.05, 0.1) is 18.8 Å². The van der Waals surface area contributed by atoms with Crippen LogP contribution in [0, 0.1) is 5.82 Å². The van der Waals surface area contributed by atoms with Crippen molar-refractivity contribution in [2.45, 2.75) is 51.2 Å². The summed E-state index contributed by atoms with van der Waals surface area (Å²) in [5.74, 6) is 0.0300. The maximum absolute atomic E-state index is 13.9. The number of halogens is 1. The molecule has 1 aromatic rings. The van der Waals surface area contributed by atoms with Crippen molar-refractivity contribution < 1.29 is 14.2 Å². The zero-order valence-electron chi connectivity index (χ0n) is 13.0. The van der Waals surface area contributed by atoms with Gasteiger partial charge < -0.3 is 14.7 Å². The molecule has 2 rings (SSSR count). The highest BCUT2D eigenvalue weighted by atomic mass is 19.1. The molecular formula is C17H26FNO2. The Morgan fingerprint density at radius 1 is 1.38 bits per heavy atom. The molecule has 0 bridgehead atoms. The number of ether oxygens (including phenoxy) is 1. The van der Waals surface area contributed by atoms with Gasteiger partial charge in [-0.15, -0.1) is 0 Å². The van der Waals surface area contributed by atoms with Gasteiger partial charge >= 0.3 is 0 Å². The van der Waals surface area contributed by atoms with Crippen LogP contribution in [-0.2, 0) is 0 Å². The zero-order valence-corrected chi connectivity index (χ0v) is 13.0. The highest BCUT2D eigenvalue weighted by Crippen LogP contribution is 2.32. The molecule has 0 aliphatic heterocycles. The summed E-state index contributed by atoms with van der Waals surface area (Å²) in [7, 11) is 1.50. The van der Waals surface area contributed by atoms with E-state index in [0.717, 1.165) is 13.1 Å². The number of benzene rings is 1. The first-order chi connectivity index (χ1) is 10.2. The van der Waals surface area contributed by atoms with Gasteiger partial charge in [-0.3, -0.25) is 0 Å². The average molecular weight is 295 g/mol. The highest BCUT2D eigenvalue weighted by Gasteiger charge is 2.29. The van der Waals surface area contributed by atoms with Crippen molar-refractivity contribution in [1.82, 2.24) is 4.90 Å². The molecule has 0 amide bonds. The molecule has 4 heteroatoms.